The highest BCUT2D eigenvalue weighted by molar-refractivity contribution is 7.07. The molecule has 5 heteroatoms. The lowest BCUT2D eigenvalue weighted by Crippen LogP contribution is -2.15. The van der Waals surface area contributed by atoms with Crippen LogP contribution in [0, 0.1) is 13.8 Å². The van der Waals surface area contributed by atoms with Gasteiger partial charge in [-0.3, -0.25) is 4.79 Å². The monoisotopic (exact) mass is 280 g/mol. The number of carbonyl (C=O) groups excluding carboxylic acids is 1. The van der Waals surface area contributed by atoms with Crippen molar-refractivity contribution < 1.29 is 4.79 Å². The fraction of sp³-hybridized carbons (Fsp3) is 0.231. The van der Waals surface area contributed by atoms with Gasteiger partial charge in [0.2, 0.25) is 5.91 Å². The quantitative estimate of drug-likeness (QED) is 0.933. The van der Waals surface area contributed by atoms with Gasteiger partial charge in [0.1, 0.15) is 5.82 Å². The van der Waals surface area contributed by atoms with Crippen LogP contribution in [0.25, 0.3) is 0 Å². The lowest BCUT2D eigenvalue weighted by atomic mass is 10.0. The van der Waals surface area contributed by atoms with Gasteiger partial charge in [0.05, 0.1) is 11.9 Å². The van der Waals surface area contributed by atoms with E-state index < -0.39 is 0 Å². The number of carbonyl (C=O) groups is 1. The first kappa shape index (κ1) is 13.1. The Kier molecular flexibility index (Phi) is 3.99. The molecule has 3 nitrogen and oxygen atoms in total. The Morgan fingerprint density at radius 1 is 1.44 bits per heavy atom. The van der Waals surface area contributed by atoms with Crippen molar-refractivity contribution in [1.82, 2.24) is 4.98 Å². The highest BCUT2D eigenvalue weighted by Gasteiger charge is 2.09. The van der Waals surface area contributed by atoms with Crippen LogP contribution in [-0.2, 0) is 11.2 Å². The van der Waals surface area contributed by atoms with Crippen LogP contribution < -0.4 is 5.32 Å². The number of aromatic nitrogens is 1. The summed E-state index contributed by atoms with van der Waals surface area (Å²) in [6.45, 7) is 3.99. The van der Waals surface area contributed by atoms with E-state index in [1.807, 2.05) is 26.0 Å². The second-order valence-electron chi connectivity index (χ2n) is 4.11. The molecule has 0 bridgehead atoms. The van der Waals surface area contributed by atoms with Gasteiger partial charge in [-0.1, -0.05) is 11.6 Å². The summed E-state index contributed by atoms with van der Waals surface area (Å²) >= 11 is 7.45. The number of aryl methyl sites for hydroxylation is 1. The third-order valence-corrected chi connectivity index (χ3v) is 3.60. The fourth-order valence-corrected chi connectivity index (χ4v) is 2.48. The summed E-state index contributed by atoms with van der Waals surface area (Å²) in [6, 6.07) is 3.74. The Bertz CT molecular complexity index is 567. The molecule has 1 aromatic heterocycles. The first-order valence-electron chi connectivity index (χ1n) is 5.50. The lowest BCUT2D eigenvalue weighted by Gasteiger charge is -2.09. The second kappa shape index (κ2) is 5.50. The van der Waals surface area contributed by atoms with Gasteiger partial charge in [0.15, 0.2) is 0 Å². The average molecular weight is 281 g/mol. The maximum atomic E-state index is 11.9. The van der Waals surface area contributed by atoms with Crippen molar-refractivity contribution in [1.29, 1.82) is 0 Å². The number of anilines is 1. The van der Waals surface area contributed by atoms with Crippen LogP contribution in [0.5, 0.6) is 0 Å². The Labute approximate surface area is 115 Å². The molecule has 18 heavy (non-hydrogen) atoms. The number of nitrogens with zero attached hydrogens (tertiary/aromatic N) is 1. The molecule has 0 fully saturated rings. The van der Waals surface area contributed by atoms with Gasteiger partial charge in [-0.2, -0.15) is 0 Å². The number of nitrogens with one attached hydrogen (secondary N) is 1. The molecule has 1 amide bonds. The molecule has 0 spiro atoms. The number of thiazole rings is 1. The van der Waals surface area contributed by atoms with E-state index in [9.17, 15) is 4.79 Å². The number of amides is 1. The van der Waals surface area contributed by atoms with Crippen LogP contribution >= 0.6 is 22.9 Å². The topological polar surface area (TPSA) is 42.0 Å². The molecule has 1 N–H and O–H groups in total. The number of hydrogen-bond donors (Lipinski definition) is 1. The first-order valence-corrected chi connectivity index (χ1v) is 6.82. The number of rotatable bonds is 3. The van der Waals surface area contributed by atoms with E-state index in [0.717, 1.165) is 16.7 Å². The van der Waals surface area contributed by atoms with Gasteiger partial charge in [-0.25, -0.2) is 4.98 Å². The van der Waals surface area contributed by atoms with Gasteiger partial charge in [0, 0.05) is 10.4 Å². The molecule has 2 rings (SSSR count). The van der Waals surface area contributed by atoms with E-state index in [2.05, 4.69) is 10.3 Å². The second-order valence-corrected chi connectivity index (χ2v) is 5.26. The van der Waals surface area contributed by atoms with E-state index in [1.54, 1.807) is 10.9 Å². The summed E-state index contributed by atoms with van der Waals surface area (Å²) < 4.78 is 0. The van der Waals surface area contributed by atoms with Crippen molar-refractivity contribution >= 4 is 34.7 Å². The molecular weight excluding hydrogens is 268 g/mol. The summed E-state index contributed by atoms with van der Waals surface area (Å²) in [5.41, 5.74) is 4.84. The molecule has 0 unspecified atom stereocenters. The molecule has 1 heterocycles. The molecule has 0 saturated heterocycles. The van der Waals surface area contributed by atoms with Crippen molar-refractivity contribution in [3.8, 4) is 0 Å². The third kappa shape index (κ3) is 3.09. The van der Waals surface area contributed by atoms with Crippen LogP contribution in [0.3, 0.4) is 0 Å². The standard InChI is InChI=1S/C13H13ClN2OS/c1-8-3-11(14)4-10(9(8)2)5-13(17)16-12-6-18-7-15-12/h3-4,6-7H,5H2,1-2H3,(H,16,17). The Balaban J connectivity index is 2.12. The van der Waals surface area contributed by atoms with E-state index in [1.165, 1.54) is 11.3 Å². The van der Waals surface area contributed by atoms with Crippen LogP contribution in [0.15, 0.2) is 23.0 Å². The van der Waals surface area contributed by atoms with Gasteiger partial charge in [-0.05, 0) is 42.7 Å². The van der Waals surface area contributed by atoms with Crippen LogP contribution in [0.2, 0.25) is 5.02 Å². The van der Waals surface area contributed by atoms with Crippen LogP contribution in [0.4, 0.5) is 5.82 Å². The SMILES string of the molecule is Cc1cc(Cl)cc(CC(=O)Nc2cscn2)c1C. The Morgan fingerprint density at radius 3 is 2.89 bits per heavy atom. The summed E-state index contributed by atoms with van der Waals surface area (Å²) in [5.74, 6) is 0.520. The summed E-state index contributed by atoms with van der Waals surface area (Å²) in [6.07, 6.45) is 0.310. The summed E-state index contributed by atoms with van der Waals surface area (Å²) in [7, 11) is 0. The zero-order valence-corrected chi connectivity index (χ0v) is 11.7. The van der Waals surface area contributed by atoms with Crippen molar-refractivity contribution in [2.45, 2.75) is 20.3 Å². The number of halogens is 1. The highest BCUT2D eigenvalue weighted by atomic mass is 35.5. The number of benzene rings is 1. The molecular formula is C13H13ClN2OS. The van der Waals surface area contributed by atoms with Crippen molar-refractivity contribution in [2.24, 2.45) is 0 Å². The predicted molar refractivity (Wildman–Crippen MR) is 75.4 cm³/mol. The minimum atomic E-state index is -0.0781. The zero-order valence-electron chi connectivity index (χ0n) is 10.2. The normalized spacial score (nSPS) is 10.4. The van der Waals surface area contributed by atoms with E-state index in [4.69, 9.17) is 11.6 Å². The Morgan fingerprint density at radius 2 is 2.22 bits per heavy atom. The molecule has 0 aliphatic heterocycles. The average Bonchev–Trinajstić information content (AvgIpc) is 2.77. The zero-order chi connectivity index (χ0) is 13.1. The molecule has 0 aliphatic rings. The van der Waals surface area contributed by atoms with Gasteiger partial charge in [0.25, 0.3) is 0 Å². The van der Waals surface area contributed by atoms with Crippen LogP contribution in [0.1, 0.15) is 16.7 Å². The third-order valence-electron chi connectivity index (χ3n) is 2.79. The molecule has 1 aromatic carbocycles. The summed E-state index contributed by atoms with van der Waals surface area (Å²) in [4.78, 5) is 15.9. The van der Waals surface area contributed by atoms with Gasteiger partial charge in [-0.15, -0.1) is 11.3 Å². The van der Waals surface area contributed by atoms with Gasteiger partial charge >= 0.3 is 0 Å². The van der Waals surface area contributed by atoms with Crippen molar-refractivity contribution in [3.63, 3.8) is 0 Å². The molecule has 0 aliphatic carbocycles. The van der Waals surface area contributed by atoms with E-state index in [-0.39, 0.29) is 5.91 Å². The minimum Gasteiger partial charge on any atom is -0.310 e. The number of hydrogen-bond acceptors (Lipinski definition) is 3. The van der Waals surface area contributed by atoms with E-state index in [0.29, 0.717) is 17.3 Å². The fourth-order valence-electron chi connectivity index (χ4n) is 1.70. The molecule has 0 atom stereocenters. The summed E-state index contributed by atoms with van der Waals surface area (Å²) in [5, 5.41) is 5.22. The lowest BCUT2D eigenvalue weighted by molar-refractivity contribution is -0.115. The predicted octanol–water partition coefficient (Wildman–Crippen LogP) is 3.59. The van der Waals surface area contributed by atoms with Crippen molar-refractivity contribution in [3.05, 3.63) is 44.7 Å². The maximum Gasteiger partial charge on any atom is 0.229 e. The first-order chi connectivity index (χ1) is 8.56. The van der Waals surface area contributed by atoms with E-state index >= 15 is 0 Å². The largest absolute Gasteiger partial charge is 0.310 e. The maximum absolute atomic E-state index is 11.9. The molecule has 2 aromatic rings. The van der Waals surface area contributed by atoms with Crippen molar-refractivity contribution in [2.75, 3.05) is 5.32 Å². The molecule has 0 saturated carbocycles. The highest BCUT2D eigenvalue weighted by Crippen LogP contribution is 2.20. The minimum absolute atomic E-state index is 0.0781. The smallest absolute Gasteiger partial charge is 0.229 e. The van der Waals surface area contributed by atoms with Crippen LogP contribution in [-0.4, -0.2) is 10.9 Å². The molecule has 0 radical (unpaired) electrons. The molecule has 94 valence electrons. The Hall–Kier alpha value is -1.39. The van der Waals surface area contributed by atoms with Gasteiger partial charge < -0.3 is 5.32 Å².